The molecular weight excluding hydrogens is 501 g/mol. The monoisotopic (exact) mass is 525 g/mol. The molecule has 3 aromatic rings. The molecule has 1 saturated heterocycles. The molecule has 10 heteroatoms. The van der Waals surface area contributed by atoms with Crippen LogP contribution in [-0.4, -0.2) is 57.9 Å². The third-order valence-corrected chi connectivity index (χ3v) is 7.12. The summed E-state index contributed by atoms with van der Waals surface area (Å²) in [5.74, 6) is 0.667. The molecule has 1 unspecified atom stereocenters. The van der Waals surface area contributed by atoms with Crippen molar-refractivity contribution in [2.45, 2.75) is 19.6 Å². The van der Waals surface area contributed by atoms with Crippen LogP contribution in [0.2, 0.25) is 10.0 Å². The number of allylic oxidation sites excluding steroid dienone is 2. The Bertz CT molecular complexity index is 1300. The van der Waals surface area contributed by atoms with Crippen molar-refractivity contribution in [1.29, 1.82) is 0 Å². The van der Waals surface area contributed by atoms with Crippen molar-refractivity contribution >= 4 is 41.1 Å². The maximum atomic E-state index is 13.6. The van der Waals surface area contributed by atoms with Crippen molar-refractivity contribution in [1.82, 2.24) is 19.6 Å². The Labute approximate surface area is 219 Å². The van der Waals surface area contributed by atoms with Gasteiger partial charge in [0.05, 0.1) is 22.3 Å². The van der Waals surface area contributed by atoms with Gasteiger partial charge in [-0.25, -0.2) is 14.3 Å². The van der Waals surface area contributed by atoms with Crippen LogP contribution in [0.25, 0.3) is 0 Å². The smallest absolute Gasteiger partial charge is 0.410 e. The highest BCUT2D eigenvalue weighted by Gasteiger charge is 2.34. The van der Waals surface area contributed by atoms with Gasteiger partial charge >= 0.3 is 12.1 Å². The number of rotatable bonds is 3. The minimum Gasteiger partial charge on any atom is -0.445 e. The van der Waals surface area contributed by atoms with Gasteiger partial charge in [-0.05, 0) is 36.3 Å². The number of hydrogen-bond donors (Lipinski definition) is 0. The van der Waals surface area contributed by atoms with Gasteiger partial charge in [0, 0.05) is 37.9 Å². The number of carbonyl (C=O) groups is 2. The Morgan fingerprint density at radius 1 is 0.972 bits per heavy atom. The summed E-state index contributed by atoms with van der Waals surface area (Å²) >= 11 is 12.3. The third kappa shape index (κ3) is 4.79. The first kappa shape index (κ1) is 24.2. The molecule has 3 heterocycles. The zero-order valence-corrected chi connectivity index (χ0v) is 21.2. The molecule has 0 saturated carbocycles. The van der Waals surface area contributed by atoms with Gasteiger partial charge in [0.1, 0.15) is 12.4 Å². The van der Waals surface area contributed by atoms with Gasteiger partial charge in [0.15, 0.2) is 0 Å². The summed E-state index contributed by atoms with van der Waals surface area (Å²) in [7, 11) is 0. The summed E-state index contributed by atoms with van der Waals surface area (Å²) in [6.07, 6.45) is 3.28. The van der Waals surface area contributed by atoms with Gasteiger partial charge < -0.3 is 14.5 Å². The molecule has 0 spiro atoms. The molecule has 2 aliphatic rings. The van der Waals surface area contributed by atoms with Crippen LogP contribution >= 0.6 is 23.2 Å². The molecule has 0 radical (unpaired) electrons. The maximum absolute atomic E-state index is 13.6. The minimum absolute atomic E-state index is 0.157. The molecule has 2 aromatic carbocycles. The lowest BCUT2D eigenvalue weighted by Gasteiger charge is -2.39. The summed E-state index contributed by atoms with van der Waals surface area (Å²) < 4.78 is 7.23. The number of amides is 3. The standard InChI is InChI=1S/C26H25Cl2N5O3/c1-18-15-23(20-7-8-21(27)22(28)16-20)33-24(9-10-29-33)32(18)25(34)30-11-13-31(14-12-30)26(35)36-17-19-5-3-2-4-6-19/h2-10,15-16,23H,11-14,17H2,1H3. The van der Waals surface area contributed by atoms with E-state index >= 15 is 0 Å². The van der Waals surface area contributed by atoms with Crippen LogP contribution in [0.15, 0.2) is 72.6 Å². The van der Waals surface area contributed by atoms with Gasteiger partial charge in [-0.15, -0.1) is 0 Å². The number of anilines is 1. The van der Waals surface area contributed by atoms with Crippen LogP contribution < -0.4 is 4.90 Å². The molecule has 1 fully saturated rings. The molecule has 8 nitrogen and oxygen atoms in total. The number of nitrogens with zero attached hydrogens (tertiary/aromatic N) is 5. The van der Waals surface area contributed by atoms with Gasteiger partial charge in [-0.2, -0.15) is 5.10 Å². The molecule has 2 aliphatic heterocycles. The van der Waals surface area contributed by atoms with Gasteiger partial charge in [-0.1, -0.05) is 59.6 Å². The average Bonchev–Trinajstić information content (AvgIpc) is 3.38. The van der Waals surface area contributed by atoms with E-state index in [1.807, 2.05) is 61.5 Å². The highest BCUT2D eigenvalue weighted by molar-refractivity contribution is 6.42. The fraction of sp³-hybridized carbons (Fsp3) is 0.269. The largest absolute Gasteiger partial charge is 0.445 e. The average molecular weight is 526 g/mol. The van der Waals surface area contributed by atoms with E-state index in [4.69, 9.17) is 27.9 Å². The second-order valence-electron chi connectivity index (χ2n) is 8.69. The summed E-state index contributed by atoms with van der Waals surface area (Å²) in [5, 5.41) is 5.42. The number of halogens is 2. The van der Waals surface area contributed by atoms with E-state index in [-0.39, 0.29) is 24.8 Å². The summed E-state index contributed by atoms with van der Waals surface area (Å²) in [4.78, 5) is 31.1. The molecule has 0 N–H and O–H groups in total. The van der Waals surface area contributed by atoms with Crippen molar-refractivity contribution in [2.24, 2.45) is 0 Å². The SMILES string of the molecule is CC1=CC(c2ccc(Cl)c(Cl)c2)n2nccc2N1C(=O)N1CCN(C(=O)OCc2ccccc2)CC1. The summed E-state index contributed by atoms with van der Waals surface area (Å²) in [6.45, 7) is 3.75. The first-order valence-corrected chi connectivity index (χ1v) is 12.4. The van der Waals surface area contributed by atoms with Crippen LogP contribution in [0.1, 0.15) is 24.1 Å². The number of carbonyl (C=O) groups excluding carboxylic acids is 2. The number of aromatic nitrogens is 2. The quantitative estimate of drug-likeness (QED) is 0.447. The topological polar surface area (TPSA) is 70.9 Å². The number of ether oxygens (including phenoxy) is 1. The molecule has 1 atom stereocenters. The van der Waals surface area contributed by atoms with E-state index in [9.17, 15) is 9.59 Å². The summed E-state index contributed by atoms with van der Waals surface area (Å²) in [5.41, 5.74) is 2.64. The van der Waals surface area contributed by atoms with Crippen molar-refractivity contribution in [3.63, 3.8) is 0 Å². The Morgan fingerprint density at radius 3 is 2.42 bits per heavy atom. The molecule has 3 amide bonds. The van der Waals surface area contributed by atoms with Crippen molar-refractivity contribution < 1.29 is 14.3 Å². The second kappa shape index (κ2) is 10.2. The lowest BCUT2D eigenvalue weighted by Crippen LogP contribution is -2.54. The molecule has 5 rings (SSSR count). The Balaban J connectivity index is 1.25. The van der Waals surface area contributed by atoms with Crippen molar-refractivity contribution in [2.75, 3.05) is 31.1 Å². The highest BCUT2D eigenvalue weighted by atomic mass is 35.5. The molecule has 36 heavy (non-hydrogen) atoms. The van der Waals surface area contributed by atoms with Gasteiger partial charge in [0.25, 0.3) is 0 Å². The number of piperazine rings is 1. The Hall–Kier alpha value is -3.49. The highest BCUT2D eigenvalue weighted by Crippen LogP contribution is 2.36. The number of benzene rings is 2. The second-order valence-corrected chi connectivity index (χ2v) is 9.51. The van der Waals surface area contributed by atoms with Gasteiger partial charge in [0.2, 0.25) is 0 Å². The predicted octanol–water partition coefficient (Wildman–Crippen LogP) is 5.58. The van der Waals surface area contributed by atoms with Crippen LogP contribution in [-0.2, 0) is 11.3 Å². The first-order valence-electron chi connectivity index (χ1n) is 11.6. The maximum Gasteiger partial charge on any atom is 0.410 e. The molecule has 186 valence electrons. The van der Waals surface area contributed by atoms with E-state index in [1.165, 1.54) is 0 Å². The van der Waals surface area contributed by atoms with E-state index in [1.54, 1.807) is 31.6 Å². The minimum atomic E-state index is -0.373. The zero-order valence-electron chi connectivity index (χ0n) is 19.7. The fourth-order valence-corrected chi connectivity index (χ4v) is 4.77. The van der Waals surface area contributed by atoms with E-state index < -0.39 is 0 Å². The number of hydrogen-bond acceptors (Lipinski definition) is 4. The van der Waals surface area contributed by atoms with Crippen molar-refractivity contribution in [3.05, 3.63) is 93.7 Å². The normalized spacial score (nSPS) is 17.5. The first-order chi connectivity index (χ1) is 17.4. The zero-order chi connectivity index (χ0) is 25.2. The van der Waals surface area contributed by atoms with E-state index in [0.29, 0.717) is 42.0 Å². The Kier molecular flexibility index (Phi) is 6.89. The molecule has 1 aromatic heterocycles. The van der Waals surface area contributed by atoms with Gasteiger partial charge in [-0.3, -0.25) is 4.90 Å². The predicted molar refractivity (Wildman–Crippen MR) is 138 cm³/mol. The Morgan fingerprint density at radius 2 is 1.69 bits per heavy atom. The molecule has 0 bridgehead atoms. The van der Waals surface area contributed by atoms with E-state index in [0.717, 1.165) is 16.8 Å². The molecular formula is C26H25Cl2N5O3. The lowest BCUT2D eigenvalue weighted by atomic mass is 10.0. The van der Waals surface area contributed by atoms with Crippen LogP contribution in [0.3, 0.4) is 0 Å². The van der Waals surface area contributed by atoms with E-state index in [2.05, 4.69) is 5.10 Å². The van der Waals surface area contributed by atoms with Crippen molar-refractivity contribution in [3.8, 4) is 0 Å². The number of fused-ring (bicyclic) bond motifs is 1. The third-order valence-electron chi connectivity index (χ3n) is 6.38. The molecule has 0 aliphatic carbocycles. The van der Waals surface area contributed by atoms with Crippen LogP contribution in [0.5, 0.6) is 0 Å². The summed E-state index contributed by atoms with van der Waals surface area (Å²) in [6, 6.07) is 16.5. The lowest BCUT2D eigenvalue weighted by molar-refractivity contribution is 0.0777. The number of urea groups is 1. The van der Waals surface area contributed by atoms with Crippen LogP contribution in [0.4, 0.5) is 15.4 Å². The fourth-order valence-electron chi connectivity index (χ4n) is 4.47. The van der Waals surface area contributed by atoms with Crippen LogP contribution in [0, 0.1) is 0 Å².